The van der Waals surface area contributed by atoms with Crippen LogP contribution in [0.4, 0.5) is 0 Å². The smallest absolute Gasteiger partial charge is 0.270 e. The molecule has 3 rings (SSSR count). The second kappa shape index (κ2) is 5.99. The molecule has 5 nitrogen and oxygen atoms in total. The molecule has 0 unspecified atom stereocenters. The van der Waals surface area contributed by atoms with Crippen LogP contribution in [0, 0.1) is 5.92 Å². The van der Waals surface area contributed by atoms with Gasteiger partial charge in [0.2, 0.25) is 0 Å². The highest BCUT2D eigenvalue weighted by atomic mass is 16.4. The van der Waals surface area contributed by atoms with Crippen molar-refractivity contribution in [1.29, 1.82) is 0 Å². The lowest BCUT2D eigenvalue weighted by molar-refractivity contribution is 0.0718. The van der Waals surface area contributed by atoms with Crippen molar-refractivity contribution >= 4 is 5.91 Å². The van der Waals surface area contributed by atoms with E-state index < -0.39 is 0 Å². The summed E-state index contributed by atoms with van der Waals surface area (Å²) in [4.78, 5) is 19.0. The lowest BCUT2D eigenvalue weighted by Gasteiger charge is -2.25. The fourth-order valence-electron chi connectivity index (χ4n) is 2.79. The van der Waals surface area contributed by atoms with Gasteiger partial charge in [-0.3, -0.25) is 4.79 Å². The summed E-state index contributed by atoms with van der Waals surface area (Å²) in [5.41, 5.74) is 1.64. The molecule has 1 amide bonds. The third-order valence-corrected chi connectivity index (χ3v) is 4.16. The van der Waals surface area contributed by atoms with Gasteiger partial charge in [-0.1, -0.05) is 13.8 Å². The third kappa shape index (κ3) is 2.93. The molecule has 0 saturated carbocycles. The number of amides is 1. The molecule has 1 aliphatic rings. The zero-order valence-corrected chi connectivity index (χ0v) is 13.5. The van der Waals surface area contributed by atoms with Crippen molar-refractivity contribution in [2.75, 3.05) is 6.54 Å². The number of rotatable bonds is 4. The lowest BCUT2D eigenvalue weighted by atomic mass is 10.1. The van der Waals surface area contributed by atoms with E-state index in [1.807, 2.05) is 34.8 Å². The number of hydrogen-bond donors (Lipinski definition) is 0. The first-order valence-electron chi connectivity index (χ1n) is 7.92. The summed E-state index contributed by atoms with van der Waals surface area (Å²) < 4.78 is 7.70. The monoisotopic (exact) mass is 301 g/mol. The molecule has 0 aliphatic carbocycles. The van der Waals surface area contributed by atoms with E-state index in [2.05, 4.69) is 18.8 Å². The molecule has 0 atom stereocenters. The molecule has 1 aliphatic heterocycles. The maximum absolute atomic E-state index is 12.6. The summed E-state index contributed by atoms with van der Waals surface area (Å²) in [6, 6.07) is 3.75. The number of carbonyl (C=O) groups excluding carboxylic acids is 1. The van der Waals surface area contributed by atoms with Crippen LogP contribution in [0.25, 0.3) is 0 Å². The van der Waals surface area contributed by atoms with Crippen molar-refractivity contribution in [2.45, 2.75) is 39.7 Å². The van der Waals surface area contributed by atoms with Gasteiger partial charge in [0.05, 0.1) is 6.54 Å². The Kier molecular flexibility index (Phi) is 4.05. The van der Waals surface area contributed by atoms with Crippen LogP contribution in [0.3, 0.4) is 0 Å². The van der Waals surface area contributed by atoms with Crippen molar-refractivity contribution in [2.24, 2.45) is 13.0 Å². The van der Waals surface area contributed by atoms with E-state index in [1.54, 1.807) is 0 Å². The first-order valence-corrected chi connectivity index (χ1v) is 7.92. The largest absolute Gasteiger partial charge is 0.445 e. The van der Waals surface area contributed by atoms with E-state index in [9.17, 15) is 4.79 Å². The Bertz CT molecular complexity index is 669. The highest BCUT2D eigenvalue weighted by molar-refractivity contribution is 5.92. The summed E-state index contributed by atoms with van der Waals surface area (Å²) in [5.74, 6) is 2.46. The Balaban J connectivity index is 1.71. The van der Waals surface area contributed by atoms with Gasteiger partial charge < -0.3 is 13.9 Å². The number of aromatic nitrogens is 2. The number of fused-ring (bicyclic) bond motifs is 1. The van der Waals surface area contributed by atoms with Crippen LogP contribution in [-0.2, 0) is 26.4 Å². The van der Waals surface area contributed by atoms with Gasteiger partial charge in [-0.25, -0.2) is 4.98 Å². The van der Waals surface area contributed by atoms with E-state index in [-0.39, 0.29) is 5.91 Å². The van der Waals surface area contributed by atoms with Gasteiger partial charge in [-0.15, -0.1) is 0 Å². The van der Waals surface area contributed by atoms with Crippen LogP contribution in [-0.4, -0.2) is 26.9 Å². The summed E-state index contributed by atoms with van der Waals surface area (Å²) in [5, 5.41) is 0. The predicted molar refractivity (Wildman–Crippen MR) is 83.5 cm³/mol. The molecule has 118 valence electrons. The topological polar surface area (TPSA) is 51.3 Å². The summed E-state index contributed by atoms with van der Waals surface area (Å²) in [6.07, 6.45) is 4.59. The van der Waals surface area contributed by atoms with Gasteiger partial charge in [0.15, 0.2) is 5.89 Å². The predicted octanol–water partition coefficient (Wildman–Crippen LogP) is 2.80. The molecule has 0 fully saturated rings. The van der Waals surface area contributed by atoms with Crippen molar-refractivity contribution in [3.8, 4) is 0 Å². The molecular weight excluding hydrogens is 278 g/mol. The number of hydrogen-bond acceptors (Lipinski definition) is 3. The van der Waals surface area contributed by atoms with Crippen LogP contribution in [0.5, 0.6) is 0 Å². The lowest BCUT2D eigenvalue weighted by Crippen LogP contribution is -2.36. The first-order chi connectivity index (χ1) is 10.5. The first kappa shape index (κ1) is 14.9. The molecule has 0 saturated heterocycles. The highest BCUT2D eigenvalue weighted by Crippen LogP contribution is 2.22. The fourth-order valence-corrected chi connectivity index (χ4v) is 2.79. The highest BCUT2D eigenvalue weighted by Gasteiger charge is 2.27. The van der Waals surface area contributed by atoms with Crippen LogP contribution in [0.1, 0.15) is 48.1 Å². The minimum absolute atomic E-state index is 0.0601. The van der Waals surface area contributed by atoms with Crippen molar-refractivity contribution in [3.63, 3.8) is 0 Å². The summed E-state index contributed by atoms with van der Waals surface area (Å²) >= 11 is 0. The Morgan fingerprint density at radius 2 is 2.27 bits per heavy atom. The maximum Gasteiger partial charge on any atom is 0.270 e. The van der Waals surface area contributed by atoms with Gasteiger partial charge in [0, 0.05) is 32.6 Å². The molecule has 0 bridgehead atoms. The van der Waals surface area contributed by atoms with Crippen LogP contribution < -0.4 is 0 Å². The van der Waals surface area contributed by atoms with Crippen LogP contribution >= 0.6 is 0 Å². The number of aryl methyl sites for hydroxylation is 2. The molecule has 0 spiro atoms. The second-order valence-corrected chi connectivity index (χ2v) is 6.39. The SMILES string of the molecule is CC(C)CCc1nc2c(o1)CCN(C(=O)c1cccn1C)C2. The van der Waals surface area contributed by atoms with E-state index in [0.29, 0.717) is 24.7 Å². The normalized spacial score (nSPS) is 14.5. The number of oxazole rings is 1. The van der Waals surface area contributed by atoms with Crippen LogP contribution in [0.2, 0.25) is 0 Å². The van der Waals surface area contributed by atoms with E-state index in [0.717, 1.165) is 36.6 Å². The Morgan fingerprint density at radius 3 is 2.95 bits per heavy atom. The fraction of sp³-hybridized carbons (Fsp3) is 0.529. The molecular formula is C17H23N3O2. The van der Waals surface area contributed by atoms with E-state index in [1.165, 1.54) is 0 Å². The molecule has 2 aromatic rings. The van der Waals surface area contributed by atoms with Crippen LogP contribution in [0.15, 0.2) is 22.7 Å². The maximum atomic E-state index is 12.6. The number of nitrogens with zero attached hydrogens (tertiary/aromatic N) is 3. The average Bonchev–Trinajstić information content (AvgIpc) is 3.09. The molecule has 3 heterocycles. The standard InChI is InChI=1S/C17H23N3O2/c1-12(2)6-7-16-18-13-11-20(10-8-15(13)22-16)17(21)14-5-4-9-19(14)3/h4-5,9,12H,6-8,10-11H2,1-3H3. The molecule has 22 heavy (non-hydrogen) atoms. The minimum atomic E-state index is 0.0601. The molecule has 0 N–H and O–H groups in total. The van der Waals surface area contributed by atoms with Gasteiger partial charge in [-0.05, 0) is 24.5 Å². The number of carbonyl (C=O) groups is 1. The Labute approximate surface area is 130 Å². The van der Waals surface area contributed by atoms with Crippen molar-refractivity contribution < 1.29 is 9.21 Å². The third-order valence-electron chi connectivity index (χ3n) is 4.16. The van der Waals surface area contributed by atoms with E-state index in [4.69, 9.17) is 4.42 Å². The van der Waals surface area contributed by atoms with E-state index >= 15 is 0 Å². The quantitative estimate of drug-likeness (QED) is 0.872. The van der Waals surface area contributed by atoms with Crippen molar-refractivity contribution in [1.82, 2.24) is 14.5 Å². The Morgan fingerprint density at radius 1 is 1.45 bits per heavy atom. The second-order valence-electron chi connectivity index (χ2n) is 6.39. The van der Waals surface area contributed by atoms with Gasteiger partial charge in [-0.2, -0.15) is 0 Å². The zero-order valence-electron chi connectivity index (χ0n) is 13.5. The molecule has 0 radical (unpaired) electrons. The zero-order chi connectivity index (χ0) is 15.7. The van der Waals surface area contributed by atoms with Gasteiger partial charge in [0.25, 0.3) is 5.91 Å². The van der Waals surface area contributed by atoms with Gasteiger partial charge >= 0.3 is 0 Å². The molecule has 2 aromatic heterocycles. The Hall–Kier alpha value is -2.04. The van der Waals surface area contributed by atoms with Crippen molar-refractivity contribution in [3.05, 3.63) is 41.4 Å². The molecule has 0 aromatic carbocycles. The summed E-state index contributed by atoms with van der Waals surface area (Å²) in [6.45, 7) is 5.63. The molecule has 5 heteroatoms. The average molecular weight is 301 g/mol. The summed E-state index contributed by atoms with van der Waals surface area (Å²) in [7, 11) is 1.89. The van der Waals surface area contributed by atoms with Gasteiger partial charge in [0.1, 0.15) is 17.1 Å². The minimum Gasteiger partial charge on any atom is -0.445 e.